The Morgan fingerprint density at radius 1 is 1.33 bits per heavy atom. The third-order valence-electron chi connectivity index (χ3n) is 3.41. The van der Waals surface area contributed by atoms with Gasteiger partial charge in [0.05, 0.1) is 14.2 Å². The van der Waals surface area contributed by atoms with Crippen LogP contribution < -0.4 is 4.74 Å². The molecule has 0 bridgehead atoms. The summed E-state index contributed by atoms with van der Waals surface area (Å²) >= 11 is 0. The van der Waals surface area contributed by atoms with Gasteiger partial charge in [-0.3, -0.25) is 9.59 Å². The first-order valence-corrected chi connectivity index (χ1v) is 5.52. The van der Waals surface area contributed by atoms with Crippen LogP contribution in [0.25, 0.3) is 0 Å². The predicted octanol–water partition coefficient (Wildman–Crippen LogP) is 1.43. The fourth-order valence-electron chi connectivity index (χ4n) is 2.32. The molecule has 18 heavy (non-hydrogen) atoms. The van der Waals surface area contributed by atoms with Crippen molar-refractivity contribution in [3.63, 3.8) is 0 Å². The maximum absolute atomic E-state index is 11.7. The van der Waals surface area contributed by atoms with Gasteiger partial charge in [0.25, 0.3) is 0 Å². The molecule has 0 spiro atoms. The normalized spacial score (nSPS) is 25.3. The van der Waals surface area contributed by atoms with Crippen molar-refractivity contribution in [1.29, 1.82) is 0 Å². The quantitative estimate of drug-likeness (QED) is 0.646. The first kappa shape index (κ1) is 12.4. The lowest BCUT2D eigenvalue weighted by Crippen LogP contribution is -2.28. The standard InChI is InChI=1S/C13H14O5/c1-17-10-6-4-3-5-8(10)9-7-13(9,11(14)15)12(16)18-2/h3-6,9H,7H2,1-2H3,(H,14,15)/t9-,13-/m0/s1. The van der Waals surface area contributed by atoms with E-state index in [4.69, 9.17) is 4.74 Å². The third kappa shape index (κ3) is 1.63. The average molecular weight is 250 g/mol. The van der Waals surface area contributed by atoms with Crippen LogP contribution in [0.15, 0.2) is 24.3 Å². The Morgan fingerprint density at radius 2 is 2.00 bits per heavy atom. The highest BCUT2D eigenvalue weighted by Gasteiger charge is 2.68. The van der Waals surface area contributed by atoms with E-state index in [9.17, 15) is 14.7 Å². The summed E-state index contributed by atoms with van der Waals surface area (Å²) in [5, 5.41) is 9.26. The summed E-state index contributed by atoms with van der Waals surface area (Å²) in [6, 6.07) is 7.11. The van der Waals surface area contributed by atoms with E-state index < -0.39 is 23.3 Å². The summed E-state index contributed by atoms with van der Waals surface area (Å²) in [4.78, 5) is 23.0. The van der Waals surface area contributed by atoms with Crippen molar-refractivity contribution in [1.82, 2.24) is 0 Å². The summed E-state index contributed by atoms with van der Waals surface area (Å²) in [6.07, 6.45) is 0.245. The van der Waals surface area contributed by atoms with E-state index in [2.05, 4.69) is 4.74 Å². The van der Waals surface area contributed by atoms with Crippen LogP contribution >= 0.6 is 0 Å². The number of benzene rings is 1. The molecule has 1 aliphatic carbocycles. The molecule has 1 N–H and O–H groups in total. The molecule has 1 saturated carbocycles. The summed E-state index contributed by atoms with van der Waals surface area (Å²) in [7, 11) is 2.71. The van der Waals surface area contributed by atoms with Crippen molar-refractivity contribution in [3.8, 4) is 5.75 Å². The van der Waals surface area contributed by atoms with Crippen LogP contribution in [0, 0.1) is 5.41 Å². The van der Waals surface area contributed by atoms with E-state index in [1.54, 1.807) is 24.3 Å². The first-order chi connectivity index (χ1) is 8.57. The fourth-order valence-corrected chi connectivity index (χ4v) is 2.32. The van der Waals surface area contributed by atoms with Gasteiger partial charge in [0.15, 0.2) is 5.41 Å². The van der Waals surface area contributed by atoms with Gasteiger partial charge in [-0.05, 0) is 18.1 Å². The molecule has 0 aliphatic heterocycles. The van der Waals surface area contributed by atoms with Gasteiger partial charge in [0.2, 0.25) is 0 Å². The zero-order chi connectivity index (χ0) is 13.3. The molecule has 1 aromatic carbocycles. The Bertz CT molecular complexity index is 496. The number of methoxy groups -OCH3 is 2. The summed E-state index contributed by atoms with van der Waals surface area (Å²) in [5.41, 5.74) is -0.726. The van der Waals surface area contributed by atoms with Gasteiger partial charge in [-0.2, -0.15) is 0 Å². The van der Waals surface area contributed by atoms with Gasteiger partial charge in [-0.25, -0.2) is 0 Å². The summed E-state index contributed by atoms with van der Waals surface area (Å²) in [6.45, 7) is 0. The molecule has 2 rings (SSSR count). The minimum absolute atomic E-state index is 0.245. The van der Waals surface area contributed by atoms with Gasteiger partial charge < -0.3 is 14.6 Å². The van der Waals surface area contributed by atoms with Crippen molar-refractivity contribution in [2.45, 2.75) is 12.3 Å². The van der Waals surface area contributed by atoms with Crippen LogP contribution in [0.3, 0.4) is 0 Å². The lowest BCUT2D eigenvalue weighted by molar-refractivity contribution is -0.159. The molecule has 0 saturated heterocycles. The maximum Gasteiger partial charge on any atom is 0.323 e. The second-order valence-electron chi connectivity index (χ2n) is 4.27. The molecule has 1 fully saturated rings. The second-order valence-corrected chi connectivity index (χ2v) is 4.27. The van der Waals surface area contributed by atoms with Crippen LogP contribution in [-0.4, -0.2) is 31.3 Å². The monoisotopic (exact) mass is 250 g/mol. The Hall–Kier alpha value is -2.04. The lowest BCUT2D eigenvalue weighted by Gasteiger charge is -2.12. The number of hydrogen-bond donors (Lipinski definition) is 1. The Balaban J connectivity index is 2.38. The highest BCUT2D eigenvalue weighted by atomic mass is 16.5. The number of carboxylic acid groups (broad SMARTS) is 1. The number of esters is 1. The van der Waals surface area contributed by atoms with E-state index in [0.717, 1.165) is 5.56 Å². The first-order valence-electron chi connectivity index (χ1n) is 5.52. The van der Waals surface area contributed by atoms with E-state index in [1.807, 2.05) is 0 Å². The molecule has 96 valence electrons. The number of carboxylic acids is 1. The van der Waals surface area contributed by atoms with Crippen LogP contribution in [-0.2, 0) is 14.3 Å². The molecule has 5 heteroatoms. The highest BCUT2D eigenvalue weighted by molar-refractivity contribution is 6.04. The van der Waals surface area contributed by atoms with Gasteiger partial charge >= 0.3 is 11.9 Å². The smallest absolute Gasteiger partial charge is 0.323 e. The van der Waals surface area contributed by atoms with Crippen molar-refractivity contribution >= 4 is 11.9 Å². The Kier molecular flexibility index (Phi) is 2.98. The molecule has 1 aliphatic rings. The average Bonchev–Trinajstić information content (AvgIpc) is 3.14. The van der Waals surface area contributed by atoms with E-state index in [1.165, 1.54) is 14.2 Å². The van der Waals surface area contributed by atoms with Crippen LogP contribution in [0.4, 0.5) is 0 Å². The lowest BCUT2D eigenvalue weighted by atomic mass is 9.98. The van der Waals surface area contributed by atoms with E-state index in [-0.39, 0.29) is 6.42 Å². The van der Waals surface area contributed by atoms with E-state index >= 15 is 0 Å². The number of hydrogen-bond acceptors (Lipinski definition) is 4. The number of para-hydroxylation sites is 1. The van der Waals surface area contributed by atoms with Gasteiger partial charge in [-0.15, -0.1) is 0 Å². The predicted molar refractivity (Wildman–Crippen MR) is 62.4 cm³/mol. The molecular formula is C13H14O5. The zero-order valence-electron chi connectivity index (χ0n) is 10.2. The Labute approximate surface area is 104 Å². The van der Waals surface area contributed by atoms with Crippen LogP contribution in [0.2, 0.25) is 0 Å². The van der Waals surface area contributed by atoms with Crippen molar-refractivity contribution in [2.24, 2.45) is 5.41 Å². The Morgan fingerprint density at radius 3 is 2.56 bits per heavy atom. The molecule has 0 aromatic heterocycles. The van der Waals surface area contributed by atoms with Crippen molar-refractivity contribution in [2.75, 3.05) is 14.2 Å². The molecule has 5 nitrogen and oxygen atoms in total. The van der Waals surface area contributed by atoms with E-state index in [0.29, 0.717) is 5.75 Å². The minimum Gasteiger partial charge on any atom is -0.496 e. The molecule has 2 atom stereocenters. The van der Waals surface area contributed by atoms with Gasteiger partial charge in [0.1, 0.15) is 5.75 Å². The molecule has 0 unspecified atom stereocenters. The summed E-state index contributed by atoms with van der Waals surface area (Å²) < 4.78 is 9.79. The number of carbonyl (C=O) groups is 2. The number of ether oxygens (including phenoxy) is 2. The zero-order valence-corrected chi connectivity index (χ0v) is 10.2. The van der Waals surface area contributed by atoms with Crippen LogP contribution in [0.5, 0.6) is 5.75 Å². The topological polar surface area (TPSA) is 72.8 Å². The number of aliphatic carboxylic acids is 1. The highest BCUT2D eigenvalue weighted by Crippen LogP contribution is 2.61. The molecular weight excluding hydrogens is 236 g/mol. The maximum atomic E-state index is 11.7. The molecule has 0 amide bonds. The third-order valence-corrected chi connectivity index (χ3v) is 3.41. The minimum atomic E-state index is -1.45. The SMILES string of the molecule is COC(=O)[C@@]1(C(=O)O)C[C@H]1c1ccccc1OC. The summed E-state index contributed by atoms with van der Waals surface area (Å²) in [5.74, 6) is -1.65. The number of rotatable bonds is 4. The molecule has 1 aromatic rings. The molecule has 0 radical (unpaired) electrons. The van der Waals surface area contributed by atoms with Crippen molar-refractivity contribution in [3.05, 3.63) is 29.8 Å². The van der Waals surface area contributed by atoms with Gasteiger partial charge in [-0.1, -0.05) is 18.2 Å². The van der Waals surface area contributed by atoms with Crippen LogP contribution in [0.1, 0.15) is 17.9 Å². The number of carbonyl (C=O) groups excluding carboxylic acids is 1. The second kappa shape index (κ2) is 4.33. The van der Waals surface area contributed by atoms with Crippen molar-refractivity contribution < 1.29 is 24.2 Å². The fraction of sp³-hybridized carbons (Fsp3) is 0.385. The van der Waals surface area contributed by atoms with Gasteiger partial charge in [0, 0.05) is 5.92 Å². The largest absolute Gasteiger partial charge is 0.496 e. The molecule has 0 heterocycles.